The van der Waals surface area contributed by atoms with Crippen molar-refractivity contribution < 1.29 is 13.0 Å². The minimum absolute atomic E-state index is 0.242. The van der Waals surface area contributed by atoms with Gasteiger partial charge in [-0.15, -0.1) is 0 Å². The molecule has 3 N–H and O–H groups in total. The van der Waals surface area contributed by atoms with Crippen LogP contribution in [0, 0.1) is 5.92 Å². The van der Waals surface area contributed by atoms with Crippen LogP contribution in [0.15, 0.2) is 24.3 Å². The van der Waals surface area contributed by atoms with Crippen LogP contribution in [0.5, 0.6) is 0 Å². The van der Waals surface area contributed by atoms with Crippen molar-refractivity contribution >= 4 is 10.1 Å². The second-order valence-electron chi connectivity index (χ2n) is 4.34. The molecule has 0 radical (unpaired) electrons. The van der Waals surface area contributed by atoms with Gasteiger partial charge in [0.1, 0.15) is 0 Å². The second-order valence-corrected chi connectivity index (χ2v) is 5.84. The summed E-state index contributed by atoms with van der Waals surface area (Å²) in [5.74, 6) is -0.510. The lowest BCUT2D eigenvalue weighted by molar-refractivity contribution is 0.329. The molecule has 0 aromatic heterocycles. The monoisotopic (exact) mass is 245 g/mol. The summed E-state index contributed by atoms with van der Waals surface area (Å²) in [6.07, 6.45) is 9.62. The first kappa shape index (κ1) is 13.4. The van der Waals surface area contributed by atoms with Crippen LogP contribution >= 0.6 is 0 Å². The summed E-state index contributed by atoms with van der Waals surface area (Å²) < 4.78 is 30.9. The fourth-order valence-electron chi connectivity index (χ4n) is 2.07. The lowest BCUT2D eigenvalue weighted by Crippen LogP contribution is -2.48. The molecule has 1 aliphatic rings. The molecule has 2 unspecified atom stereocenters. The van der Waals surface area contributed by atoms with E-state index in [-0.39, 0.29) is 11.7 Å². The van der Waals surface area contributed by atoms with Gasteiger partial charge in [-0.25, -0.2) is 0 Å². The zero-order valence-corrected chi connectivity index (χ0v) is 10.3. The highest BCUT2D eigenvalue weighted by Crippen LogP contribution is 2.28. The maximum Gasteiger partial charge on any atom is 0.265 e. The van der Waals surface area contributed by atoms with E-state index in [0.717, 1.165) is 6.42 Å². The first-order valence-corrected chi connectivity index (χ1v) is 7.07. The van der Waals surface area contributed by atoms with Crippen LogP contribution in [-0.4, -0.2) is 24.3 Å². The molecule has 4 nitrogen and oxygen atoms in total. The van der Waals surface area contributed by atoms with Gasteiger partial charge in [0.05, 0.1) is 5.75 Å². The van der Waals surface area contributed by atoms with E-state index in [9.17, 15) is 8.42 Å². The Labute approximate surface area is 97.0 Å². The maximum atomic E-state index is 11.0. The summed E-state index contributed by atoms with van der Waals surface area (Å²) in [7, 11) is -3.97. The molecule has 0 saturated carbocycles. The molecular weight excluding hydrogens is 226 g/mol. The van der Waals surface area contributed by atoms with Gasteiger partial charge in [-0.2, -0.15) is 8.42 Å². The van der Waals surface area contributed by atoms with Crippen LogP contribution in [0.4, 0.5) is 0 Å². The van der Waals surface area contributed by atoms with E-state index in [4.69, 9.17) is 10.3 Å². The zero-order valence-electron chi connectivity index (χ0n) is 9.46. The van der Waals surface area contributed by atoms with Crippen LogP contribution in [-0.2, 0) is 10.1 Å². The van der Waals surface area contributed by atoms with Crippen LogP contribution in [0.3, 0.4) is 0 Å². The van der Waals surface area contributed by atoms with Crippen LogP contribution < -0.4 is 5.73 Å². The van der Waals surface area contributed by atoms with Crippen LogP contribution in [0.1, 0.15) is 26.2 Å². The summed E-state index contributed by atoms with van der Waals surface area (Å²) in [5, 5.41) is 0. The summed E-state index contributed by atoms with van der Waals surface area (Å²) in [6.45, 7) is 1.97. The normalized spacial score (nSPS) is 26.9. The number of rotatable bonds is 5. The summed E-state index contributed by atoms with van der Waals surface area (Å²) in [5.41, 5.74) is 5.53. The number of allylic oxidation sites excluding steroid dienone is 2. The van der Waals surface area contributed by atoms with Crippen molar-refractivity contribution in [2.24, 2.45) is 11.7 Å². The van der Waals surface area contributed by atoms with Gasteiger partial charge in [-0.3, -0.25) is 4.55 Å². The van der Waals surface area contributed by atoms with Gasteiger partial charge in [-0.1, -0.05) is 37.6 Å². The quantitative estimate of drug-likeness (QED) is 0.719. The fourth-order valence-corrected chi connectivity index (χ4v) is 3.05. The van der Waals surface area contributed by atoms with Gasteiger partial charge >= 0.3 is 0 Å². The van der Waals surface area contributed by atoms with E-state index in [1.807, 2.05) is 31.2 Å². The van der Waals surface area contributed by atoms with Crippen molar-refractivity contribution in [2.45, 2.75) is 31.7 Å². The summed E-state index contributed by atoms with van der Waals surface area (Å²) >= 11 is 0. The minimum atomic E-state index is -3.97. The number of hydrogen-bond acceptors (Lipinski definition) is 3. The van der Waals surface area contributed by atoms with E-state index in [1.54, 1.807) is 0 Å². The summed E-state index contributed by atoms with van der Waals surface area (Å²) in [6, 6.07) is 0. The van der Waals surface area contributed by atoms with Gasteiger partial charge in [0, 0.05) is 5.54 Å². The second kappa shape index (κ2) is 5.12. The Hall–Kier alpha value is -0.650. The van der Waals surface area contributed by atoms with Crippen molar-refractivity contribution in [3.8, 4) is 0 Å². The summed E-state index contributed by atoms with van der Waals surface area (Å²) in [4.78, 5) is 0. The highest BCUT2D eigenvalue weighted by molar-refractivity contribution is 7.85. The molecule has 92 valence electrons. The Morgan fingerprint density at radius 3 is 2.62 bits per heavy atom. The van der Waals surface area contributed by atoms with Crippen molar-refractivity contribution in [1.82, 2.24) is 0 Å². The topological polar surface area (TPSA) is 80.4 Å². The third-order valence-corrected chi connectivity index (χ3v) is 3.76. The van der Waals surface area contributed by atoms with Crippen molar-refractivity contribution in [3.63, 3.8) is 0 Å². The van der Waals surface area contributed by atoms with Crippen molar-refractivity contribution in [2.75, 3.05) is 5.75 Å². The van der Waals surface area contributed by atoms with Gasteiger partial charge < -0.3 is 5.73 Å². The first-order chi connectivity index (χ1) is 7.37. The molecule has 0 aliphatic heterocycles. The molecule has 1 rings (SSSR count). The maximum absolute atomic E-state index is 11.0. The smallest absolute Gasteiger partial charge is 0.265 e. The lowest BCUT2D eigenvalue weighted by atomic mass is 9.78. The van der Waals surface area contributed by atoms with E-state index in [2.05, 4.69) is 0 Å². The Balaban J connectivity index is 2.84. The highest BCUT2D eigenvalue weighted by Gasteiger charge is 2.34. The van der Waals surface area contributed by atoms with Gasteiger partial charge in [0.2, 0.25) is 0 Å². The molecule has 0 fully saturated rings. The Morgan fingerprint density at radius 2 is 2.19 bits per heavy atom. The predicted molar refractivity (Wildman–Crippen MR) is 64.6 cm³/mol. The Bertz CT molecular complexity index is 386. The number of nitrogens with two attached hydrogens (primary N) is 1. The molecule has 5 heteroatoms. The van der Waals surface area contributed by atoms with Gasteiger partial charge in [0.25, 0.3) is 10.1 Å². The standard InChI is InChI=1S/C11H19NO3S/c1-2-6-10(9-16(13,14)15)11(12)7-4-3-5-8-11/h3-5,7,10H,2,6,8-9,12H2,1H3,(H,13,14,15). The Morgan fingerprint density at radius 1 is 1.50 bits per heavy atom. The minimum Gasteiger partial charge on any atom is -0.321 e. The zero-order chi connectivity index (χ0) is 12.2. The fraction of sp³-hybridized carbons (Fsp3) is 0.636. The molecule has 0 spiro atoms. The van der Waals surface area contributed by atoms with Crippen LogP contribution in [0.2, 0.25) is 0 Å². The SMILES string of the molecule is CCCC(CS(=O)(=O)O)C1(N)C=CC=CC1. The molecule has 0 bridgehead atoms. The van der Waals surface area contributed by atoms with E-state index < -0.39 is 15.7 Å². The van der Waals surface area contributed by atoms with E-state index in [1.165, 1.54) is 0 Å². The van der Waals surface area contributed by atoms with E-state index >= 15 is 0 Å². The largest absolute Gasteiger partial charge is 0.321 e. The third kappa shape index (κ3) is 3.73. The molecule has 0 aromatic rings. The highest BCUT2D eigenvalue weighted by atomic mass is 32.2. The average Bonchev–Trinajstić information content (AvgIpc) is 2.16. The third-order valence-electron chi connectivity index (χ3n) is 2.93. The molecule has 0 heterocycles. The molecule has 1 aliphatic carbocycles. The molecule has 0 aromatic carbocycles. The van der Waals surface area contributed by atoms with E-state index in [0.29, 0.717) is 12.8 Å². The number of hydrogen-bond donors (Lipinski definition) is 2. The molecule has 0 saturated heterocycles. The first-order valence-electron chi connectivity index (χ1n) is 5.46. The van der Waals surface area contributed by atoms with Gasteiger partial charge in [-0.05, 0) is 18.8 Å². The molecule has 2 atom stereocenters. The molecule has 16 heavy (non-hydrogen) atoms. The van der Waals surface area contributed by atoms with Crippen molar-refractivity contribution in [1.29, 1.82) is 0 Å². The van der Waals surface area contributed by atoms with Crippen molar-refractivity contribution in [3.05, 3.63) is 24.3 Å². The lowest BCUT2D eigenvalue weighted by Gasteiger charge is -2.34. The molecule has 0 amide bonds. The predicted octanol–water partition coefficient (Wildman–Crippen LogP) is 1.50. The van der Waals surface area contributed by atoms with Crippen LogP contribution in [0.25, 0.3) is 0 Å². The molecular formula is C11H19NO3S. The van der Waals surface area contributed by atoms with Gasteiger partial charge in [0.15, 0.2) is 0 Å². The Kier molecular flexibility index (Phi) is 4.29. The average molecular weight is 245 g/mol.